The molecule has 0 amide bonds. The molecule has 1 aliphatic rings. The second-order valence-electron chi connectivity index (χ2n) is 6.08. The van der Waals surface area contributed by atoms with Crippen molar-refractivity contribution in [2.75, 3.05) is 31.2 Å². The minimum Gasteiger partial charge on any atom is -0.507 e. The molecule has 27 heavy (non-hydrogen) atoms. The lowest BCUT2D eigenvalue weighted by Crippen LogP contribution is -2.44. The number of aromatic nitrogens is 2. The normalized spacial score (nSPS) is 17.8. The Hall–Kier alpha value is -2.59. The van der Waals surface area contributed by atoms with Gasteiger partial charge in [-0.15, -0.1) is 23.4 Å². The summed E-state index contributed by atoms with van der Waals surface area (Å²) in [5.41, 5.74) is 0.959. The van der Waals surface area contributed by atoms with Crippen LogP contribution in [0.2, 0.25) is 0 Å². The Balaban J connectivity index is 1.83. The van der Waals surface area contributed by atoms with Gasteiger partial charge in [0, 0.05) is 24.7 Å². The number of ether oxygens (including phenoxy) is 2. The molecular weight excluding hydrogens is 367 g/mol. The highest BCUT2D eigenvalue weighted by atomic mass is 19.4. The molecular formula is C17H18F3N3O4. The van der Waals surface area contributed by atoms with E-state index in [1.807, 2.05) is 4.90 Å². The van der Waals surface area contributed by atoms with Crippen molar-refractivity contribution < 1.29 is 32.9 Å². The fraction of sp³-hybridized carbons (Fsp3) is 0.412. The van der Waals surface area contributed by atoms with Gasteiger partial charge in [-0.1, -0.05) is 0 Å². The van der Waals surface area contributed by atoms with E-state index in [9.17, 15) is 23.4 Å². The maximum Gasteiger partial charge on any atom is 0.573 e. The van der Waals surface area contributed by atoms with E-state index < -0.39 is 12.1 Å². The lowest BCUT2D eigenvalue weighted by molar-refractivity contribution is -0.274. The first kappa shape index (κ1) is 19.2. The quantitative estimate of drug-likeness (QED) is 0.835. The Morgan fingerprint density at radius 2 is 2.07 bits per heavy atom. The van der Waals surface area contributed by atoms with Gasteiger partial charge in [0.2, 0.25) is 0 Å². The van der Waals surface area contributed by atoms with Gasteiger partial charge in [-0.2, -0.15) is 0 Å². The van der Waals surface area contributed by atoms with E-state index in [2.05, 4.69) is 14.9 Å². The molecule has 2 N–H and O–H groups in total. The topological polar surface area (TPSA) is 87.9 Å². The van der Waals surface area contributed by atoms with Crippen LogP contribution in [-0.4, -0.2) is 59.2 Å². The maximum absolute atomic E-state index is 12.3. The van der Waals surface area contributed by atoms with E-state index in [0.717, 1.165) is 6.07 Å². The second-order valence-corrected chi connectivity index (χ2v) is 6.08. The first-order valence-corrected chi connectivity index (χ1v) is 8.17. The molecule has 1 saturated heterocycles. The van der Waals surface area contributed by atoms with Gasteiger partial charge < -0.3 is 24.6 Å². The molecule has 146 valence electrons. The largest absolute Gasteiger partial charge is 0.573 e. The molecule has 3 rings (SSSR count). The molecule has 0 radical (unpaired) electrons. The van der Waals surface area contributed by atoms with Crippen LogP contribution in [0.3, 0.4) is 0 Å². The number of aryl methyl sites for hydroxylation is 1. The number of halogens is 3. The minimum atomic E-state index is -4.84. The average Bonchev–Trinajstić information content (AvgIpc) is 2.60. The lowest BCUT2D eigenvalue weighted by Gasteiger charge is -2.32. The number of hydrogen-bond acceptors (Lipinski definition) is 7. The van der Waals surface area contributed by atoms with Gasteiger partial charge in [0.15, 0.2) is 5.82 Å². The predicted molar refractivity (Wildman–Crippen MR) is 89.6 cm³/mol. The van der Waals surface area contributed by atoms with Gasteiger partial charge in [-0.05, 0) is 30.7 Å². The van der Waals surface area contributed by atoms with Crippen LogP contribution in [0, 0.1) is 6.92 Å². The van der Waals surface area contributed by atoms with E-state index in [4.69, 9.17) is 4.74 Å². The number of aliphatic hydroxyl groups is 1. The molecule has 0 aliphatic carbocycles. The lowest BCUT2D eigenvalue weighted by atomic mass is 10.0. The molecule has 2 aromatic rings. The van der Waals surface area contributed by atoms with Crippen molar-refractivity contribution in [1.29, 1.82) is 0 Å². The fourth-order valence-electron chi connectivity index (χ4n) is 2.93. The molecule has 0 bridgehead atoms. The summed E-state index contributed by atoms with van der Waals surface area (Å²) >= 11 is 0. The highest BCUT2D eigenvalue weighted by molar-refractivity contribution is 5.72. The van der Waals surface area contributed by atoms with Gasteiger partial charge in [-0.25, -0.2) is 0 Å². The number of nitrogens with zero attached hydrogens (tertiary/aromatic N) is 3. The van der Waals surface area contributed by atoms with Crippen LogP contribution in [0.5, 0.6) is 11.5 Å². The number of anilines is 1. The molecule has 1 atom stereocenters. The van der Waals surface area contributed by atoms with Crippen LogP contribution in [-0.2, 0) is 4.74 Å². The molecule has 0 spiro atoms. The van der Waals surface area contributed by atoms with Crippen molar-refractivity contribution in [2.45, 2.75) is 19.4 Å². The zero-order chi connectivity index (χ0) is 19.6. The van der Waals surface area contributed by atoms with Crippen LogP contribution in [0.25, 0.3) is 11.3 Å². The molecule has 10 heteroatoms. The van der Waals surface area contributed by atoms with Crippen LogP contribution in [0.1, 0.15) is 5.56 Å². The minimum absolute atomic E-state index is 0.0958. The Bertz CT molecular complexity index is 776. The summed E-state index contributed by atoms with van der Waals surface area (Å²) in [6, 6.07) is 5.38. The molecule has 1 aromatic heterocycles. The van der Waals surface area contributed by atoms with E-state index in [1.165, 1.54) is 6.07 Å². The average molecular weight is 385 g/mol. The van der Waals surface area contributed by atoms with E-state index in [0.29, 0.717) is 36.8 Å². The third-order valence-electron chi connectivity index (χ3n) is 4.09. The van der Waals surface area contributed by atoms with E-state index in [1.54, 1.807) is 19.1 Å². The Labute approximate surface area is 153 Å². The molecule has 1 fully saturated rings. The van der Waals surface area contributed by atoms with Crippen LogP contribution < -0.4 is 9.64 Å². The summed E-state index contributed by atoms with van der Waals surface area (Å²) in [6.07, 6.45) is -5.14. The third kappa shape index (κ3) is 4.58. The summed E-state index contributed by atoms with van der Waals surface area (Å²) in [5.74, 6) is -0.313. The molecule has 0 unspecified atom stereocenters. The van der Waals surface area contributed by atoms with Crippen LogP contribution >= 0.6 is 0 Å². The Morgan fingerprint density at radius 3 is 2.67 bits per heavy atom. The standard InChI is InChI=1S/C17H18F3N3O4/c1-10-6-11(27-17(18,19)20)7-14(25)16(10)13-2-3-15(22-21-13)23-4-5-26-12(8-23)9-24/h2-3,6-7,12,24-25H,4-5,8-9H2,1H3/t12-/m0/s1. The number of aromatic hydroxyl groups is 1. The monoisotopic (exact) mass is 385 g/mol. The molecule has 1 aromatic carbocycles. The highest BCUT2D eigenvalue weighted by Gasteiger charge is 2.31. The number of morpholine rings is 1. The number of phenolic OH excluding ortho intramolecular Hbond substituents is 1. The maximum atomic E-state index is 12.3. The molecule has 0 saturated carbocycles. The highest BCUT2D eigenvalue weighted by Crippen LogP contribution is 2.36. The summed E-state index contributed by atoms with van der Waals surface area (Å²) in [7, 11) is 0. The van der Waals surface area contributed by atoms with E-state index in [-0.39, 0.29) is 24.0 Å². The Kier molecular flexibility index (Phi) is 5.38. The number of benzene rings is 1. The van der Waals surface area contributed by atoms with Crippen molar-refractivity contribution in [3.05, 3.63) is 29.8 Å². The van der Waals surface area contributed by atoms with E-state index >= 15 is 0 Å². The van der Waals surface area contributed by atoms with Gasteiger partial charge in [0.25, 0.3) is 0 Å². The smallest absolute Gasteiger partial charge is 0.507 e. The first-order chi connectivity index (χ1) is 12.8. The number of alkyl halides is 3. The van der Waals surface area contributed by atoms with Gasteiger partial charge in [-0.3, -0.25) is 0 Å². The summed E-state index contributed by atoms with van der Waals surface area (Å²) in [4.78, 5) is 1.91. The molecule has 2 heterocycles. The summed E-state index contributed by atoms with van der Waals surface area (Å²) in [5, 5.41) is 27.6. The van der Waals surface area contributed by atoms with Crippen molar-refractivity contribution in [3.63, 3.8) is 0 Å². The second kappa shape index (κ2) is 7.57. The SMILES string of the molecule is Cc1cc(OC(F)(F)F)cc(O)c1-c1ccc(N2CCO[C@H](CO)C2)nn1. The number of hydrogen-bond donors (Lipinski definition) is 2. The van der Waals surface area contributed by atoms with Crippen LogP contribution in [0.15, 0.2) is 24.3 Å². The number of rotatable bonds is 4. The zero-order valence-electron chi connectivity index (χ0n) is 14.4. The van der Waals surface area contributed by atoms with Crippen molar-refractivity contribution in [3.8, 4) is 22.8 Å². The summed E-state index contributed by atoms with van der Waals surface area (Å²) in [6.45, 7) is 2.97. The zero-order valence-corrected chi connectivity index (χ0v) is 14.4. The molecule has 1 aliphatic heterocycles. The van der Waals surface area contributed by atoms with Gasteiger partial charge in [0.1, 0.15) is 11.5 Å². The molecule has 7 nitrogen and oxygen atoms in total. The summed E-state index contributed by atoms with van der Waals surface area (Å²) < 4.78 is 46.3. The van der Waals surface area contributed by atoms with Gasteiger partial charge >= 0.3 is 6.36 Å². The predicted octanol–water partition coefficient (Wildman–Crippen LogP) is 2.25. The third-order valence-corrected chi connectivity index (χ3v) is 4.09. The van der Waals surface area contributed by atoms with Crippen molar-refractivity contribution >= 4 is 5.82 Å². The van der Waals surface area contributed by atoms with Crippen LogP contribution in [0.4, 0.5) is 19.0 Å². The number of aliphatic hydroxyl groups excluding tert-OH is 1. The fourth-order valence-corrected chi connectivity index (χ4v) is 2.93. The first-order valence-electron chi connectivity index (χ1n) is 8.17. The number of phenols is 1. The van der Waals surface area contributed by atoms with Gasteiger partial charge in [0.05, 0.1) is 25.0 Å². The van der Waals surface area contributed by atoms with Crippen molar-refractivity contribution in [1.82, 2.24) is 10.2 Å². The van der Waals surface area contributed by atoms with Crippen molar-refractivity contribution in [2.24, 2.45) is 0 Å². The Morgan fingerprint density at radius 1 is 1.30 bits per heavy atom.